The molecule has 1 aromatic carbocycles. The first-order valence-corrected chi connectivity index (χ1v) is 6.05. The molecule has 0 unspecified atom stereocenters. The number of nitrogens with two attached hydrogens (primary N) is 1. The van der Waals surface area contributed by atoms with Crippen LogP contribution in [0.4, 0.5) is 0 Å². The number of halogens is 1. The molecular formula is C11H10BrN3O2. The van der Waals surface area contributed by atoms with Crippen molar-refractivity contribution < 1.29 is 9.26 Å². The smallest absolute Gasteiger partial charge is 0.240 e. The van der Waals surface area contributed by atoms with E-state index in [-0.39, 0.29) is 6.54 Å². The number of rotatable bonds is 2. The molecule has 88 valence electrons. The fourth-order valence-electron chi connectivity index (χ4n) is 1.84. The molecule has 2 heterocycles. The monoisotopic (exact) mass is 295 g/mol. The van der Waals surface area contributed by atoms with Crippen LogP contribution < -0.4 is 10.5 Å². The summed E-state index contributed by atoms with van der Waals surface area (Å²) in [5.74, 6) is 1.91. The first-order valence-electron chi connectivity index (χ1n) is 5.26. The maximum absolute atomic E-state index is 5.52. The van der Waals surface area contributed by atoms with Gasteiger partial charge in [0.05, 0.1) is 17.6 Å². The van der Waals surface area contributed by atoms with Crippen LogP contribution in [0.25, 0.3) is 11.4 Å². The highest BCUT2D eigenvalue weighted by Gasteiger charge is 2.18. The maximum Gasteiger partial charge on any atom is 0.240 e. The second-order valence-electron chi connectivity index (χ2n) is 3.76. The van der Waals surface area contributed by atoms with E-state index < -0.39 is 0 Å². The van der Waals surface area contributed by atoms with E-state index in [1.807, 2.05) is 12.1 Å². The van der Waals surface area contributed by atoms with Crippen LogP contribution in [0.1, 0.15) is 11.5 Å². The summed E-state index contributed by atoms with van der Waals surface area (Å²) >= 11 is 3.48. The Morgan fingerprint density at radius 2 is 2.29 bits per heavy atom. The molecule has 1 aliphatic heterocycles. The van der Waals surface area contributed by atoms with Gasteiger partial charge in [-0.05, 0) is 33.6 Å². The number of nitrogens with zero attached hydrogens (tertiary/aromatic N) is 2. The van der Waals surface area contributed by atoms with Crippen molar-refractivity contribution in [1.82, 2.24) is 10.1 Å². The van der Waals surface area contributed by atoms with Crippen LogP contribution >= 0.6 is 15.9 Å². The van der Waals surface area contributed by atoms with Gasteiger partial charge in [-0.1, -0.05) is 5.16 Å². The van der Waals surface area contributed by atoms with Gasteiger partial charge in [-0.2, -0.15) is 4.98 Å². The lowest BCUT2D eigenvalue weighted by atomic mass is 10.1. The zero-order chi connectivity index (χ0) is 11.8. The fourth-order valence-corrected chi connectivity index (χ4v) is 2.46. The Hall–Kier alpha value is -1.40. The molecule has 0 radical (unpaired) electrons. The van der Waals surface area contributed by atoms with E-state index in [1.165, 1.54) is 0 Å². The molecule has 2 aromatic rings. The number of ether oxygens (including phenoxy) is 1. The van der Waals surface area contributed by atoms with Gasteiger partial charge in [-0.3, -0.25) is 0 Å². The zero-order valence-electron chi connectivity index (χ0n) is 8.94. The fraction of sp³-hybridized carbons (Fsp3) is 0.273. The molecule has 1 aromatic heterocycles. The number of hydrogen-bond acceptors (Lipinski definition) is 5. The van der Waals surface area contributed by atoms with Gasteiger partial charge in [0.2, 0.25) is 11.7 Å². The predicted octanol–water partition coefficient (Wildman–Crippen LogP) is 1.89. The largest absolute Gasteiger partial charge is 0.492 e. The minimum atomic E-state index is 0.252. The third kappa shape index (κ3) is 1.83. The number of benzene rings is 1. The van der Waals surface area contributed by atoms with E-state index in [9.17, 15) is 0 Å². The van der Waals surface area contributed by atoms with Crippen molar-refractivity contribution in [3.05, 3.63) is 28.1 Å². The van der Waals surface area contributed by atoms with Crippen molar-refractivity contribution in [3.63, 3.8) is 0 Å². The Morgan fingerprint density at radius 3 is 3.06 bits per heavy atom. The summed E-state index contributed by atoms with van der Waals surface area (Å²) < 4.78 is 11.4. The average Bonchev–Trinajstić information content (AvgIpc) is 2.97. The summed E-state index contributed by atoms with van der Waals surface area (Å²) in [6.07, 6.45) is 0.906. The molecule has 0 fully saturated rings. The topological polar surface area (TPSA) is 74.2 Å². The first kappa shape index (κ1) is 10.7. The van der Waals surface area contributed by atoms with E-state index in [2.05, 4.69) is 26.1 Å². The molecule has 5 nitrogen and oxygen atoms in total. The van der Waals surface area contributed by atoms with E-state index >= 15 is 0 Å². The minimum absolute atomic E-state index is 0.252. The molecule has 17 heavy (non-hydrogen) atoms. The molecule has 0 saturated heterocycles. The lowest BCUT2D eigenvalue weighted by molar-refractivity contribution is 0.355. The Morgan fingerprint density at radius 1 is 1.41 bits per heavy atom. The van der Waals surface area contributed by atoms with Gasteiger partial charge in [0, 0.05) is 12.0 Å². The highest BCUT2D eigenvalue weighted by Crippen LogP contribution is 2.37. The highest BCUT2D eigenvalue weighted by molar-refractivity contribution is 9.10. The Labute approximate surface area is 106 Å². The van der Waals surface area contributed by atoms with Crippen molar-refractivity contribution in [2.24, 2.45) is 5.73 Å². The van der Waals surface area contributed by atoms with Crippen LogP contribution in [0, 0.1) is 0 Å². The molecule has 0 aliphatic carbocycles. The summed E-state index contributed by atoms with van der Waals surface area (Å²) in [7, 11) is 0. The van der Waals surface area contributed by atoms with Gasteiger partial charge in [0.1, 0.15) is 5.75 Å². The van der Waals surface area contributed by atoms with E-state index in [0.29, 0.717) is 11.7 Å². The zero-order valence-corrected chi connectivity index (χ0v) is 10.5. The molecule has 0 atom stereocenters. The summed E-state index contributed by atoms with van der Waals surface area (Å²) in [4.78, 5) is 4.20. The lowest BCUT2D eigenvalue weighted by Crippen LogP contribution is -1.95. The second kappa shape index (κ2) is 4.12. The summed E-state index contributed by atoms with van der Waals surface area (Å²) in [6.45, 7) is 0.972. The third-order valence-electron chi connectivity index (χ3n) is 2.64. The molecule has 2 N–H and O–H groups in total. The molecular weight excluding hydrogens is 286 g/mol. The molecule has 0 saturated carbocycles. The van der Waals surface area contributed by atoms with Crippen molar-refractivity contribution in [2.45, 2.75) is 13.0 Å². The molecule has 6 heteroatoms. The normalized spacial score (nSPS) is 13.5. The average molecular weight is 296 g/mol. The Bertz CT molecular complexity index is 568. The summed E-state index contributed by atoms with van der Waals surface area (Å²) in [5.41, 5.74) is 7.50. The standard InChI is InChI=1S/C11H10BrN3O2/c12-8-4-7(3-6-1-2-16-10(6)8)11-14-9(5-13)17-15-11/h3-4H,1-2,5,13H2. The van der Waals surface area contributed by atoms with E-state index in [4.69, 9.17) is 15.0 Å². The minimum Gasteiger partial charge on any atom is -0.492 e. The predicted molar refractivity (Wildman–Crippen MR) is 64.5 cm³/mol. The molecule has 0 amide bonds. The van der Waals surface area contributed by atoms with Gasteiger partial charge in [0.25, 0.3) is 0 Å². The lowest BCUT2D eigenvalue weighted by Gasteiger charge is -2.03. The highest BCUT2D eigenvalue weighted by atomic mass is 79.9. The van der Waals surface area contributed by atoms with Gasteiger partial charge >= 0.3 is 0 Å². The van der Waals surface area contributed by atoms with Gasteiger partial charge in [0.15, 0.2) is 0 Å². The second-order valence-corrected chi connectivity index (χ2v) is 4.61. The molecule has 0 spiro atoms. The quantitative estimate of drug-likeness (QED) is 0.916. The number of hydrogen-bond donors (Lipinski definition) is 1. The van der Waals surface area contributed by atoms with Crippen LogP contribution in [-0.4, -0.2) is 16.7 Å². The molecule has 0 bridgehead atoms. The molecule has 1 aliphatic rings. The van der Waals surface area contributed by atoms with Crippen LogP contribution in [0.2, 0.25) is 0 Å². The number of fused-ring (bicyclic) bond motifs is 1. The van der Waals surface area contributed by atoms with Crippen molar-refractivity contribution >= 4 is 15.9 Å². The van der Waals surface area contributed by atoms with Crippen molar-refractivity contribution in [3.8, 4) is 17.1 Å². The van der Waals surface area contributed by atoms with E-state index in [1.54, 1.807) is 0 Å². The van der Waals surface area contributed by atoms with Gasteiger partial charge in [-0.15, -0.1) is 0 Å². The summed E-state index contributed by atoms with van der Waals surface area (Å²) in [6, 6.07) is 3.95. The van der Waals surface area contributed by atoms with Gasteiger partial charge in [-0.25, -0.2) is 0 Å². The van der Waals surface area contributed by atoms with Crippen molar-refractivity contribution in [1.29, 1.82) is 0 Å². The van der Waals surface area contributed by atoms with Crippen LogP contribution in [-0.2, 0) is 13.0 Å². The van der Waals surface area contributed by atoms with E-state index in [0.717, 1.165) is 34.4 Å². The first-order chi connectivity index (χ1) is 8.28. The molecule has 3 rings (SSSR count). The van der Waals surface area contributed by atoms with Crippen LogP contribution in [0.5, 0.6) is 5.75 Å². The summed E-state index contributed by atoms with van der Waals surface area (Å²) in [5, 5.41) is 3.90. The van der Waals surface area contributed by atoms with Gasteiger partial charge < -0.3 is 15.0 Å². The van der Waals surface area contributed by atoms with Crippen LogP contribution in [0.3, 0.4) is 0 Å². The Kier molecular flexibility index (Phi) is 2.60. The Balaban J connectivity index is 2.06. The SMILES string of the molecule is NCc1nc(-c2cc(Br)c3c(c2)CCO3)no1. The number of aromatic nitrogens is 2. The van der Waals surface area contributed by atoms with Crippen LogP contribution in [0.15, 0.2) is 21.1 Å². The maximum atomic E-state index is 5.52. The van der Waals surface area contributed by atoms with Crippen molar-refractivity contribution in [2.75, 3.05) is 6.61 Å². The third-order valence-corrected chi connectivity index (χ3v) is 3.23.